The smallest absolute Gasteiger partial charge is 0.224 e. The number of nitrogens with zero attached hydrogens (tertiary/aromatic N) is 2. The third-order valence-corrected chi connectivity index (χ3v) is 6.19. The topological polar surface area (TPSA) is 55.6 Å². The van der Waals surface area contributed by atoms with Crippen LogP contribution in [0.1, 0.15) is 31.7 Å². The van der Waals surface area contributed by atoms with Crippen molar-refractivity contribution in [2.75, 3.05) is 11.9 Å². The first-order valence-corrected chi connectivity index (χ1v) is 11.3. The molecule has 3 aromatic rings. The number of ether oxygens (including phenoxy) is 1. The number of carbonyl (C=O) groups is 1. The van der Waals surface area contributed by atoms with Crippen LogP contribution in [0, 0.1) is 6.92 Å². The molecule has 0 radical (unpaired) electrons. The number of hydrogen-bond acceptors (Lipinski definition) is 4. The van der Waals surface area contributed by atoms with Crippen molar-refractivity contribution >= 4 is 27.9 Å². The Morgan fingerprint density at radius 3 is 2.63 bits per heavy atom. The summed E-state index contributed by atoms with van der Waals surface area (Å²) >= 11 is 1.52. The summed E-state index contributed by atoms with van der Waals surface area (Å²) in [6.45, 7) is 5.46. The molecule has 5 nitrogen and oxygen atoms in total. The molecule has 1 atom stereocenters. The summed E-state index contributed by atoms with van der Waals surface area (Å²) < 4.78 is 8.15. The normalized spacial score (nSPS) is 16.7. The standard InChI is InChI=1S/C24H27N3O2S/c1-3-21(28)26-23-22(18-13-11-17(2)12-14-18)27(16-20-10-7-15-29-20)24(30-23)25-19-8-5-4-6-9-19/h4-6,8-9,11-14,20H,3,7,10,15-16H2,1-2H3,(H,26,28). The molecule has 6 heteroatoms. The van der Waals surface area contributed by atoms with E-state index in [0.29, 0.717) is 13.0 Å². The van der Waals surface area contributed by atoms with Gasteiger partial charge in [0, 0.05) is 18.6 Å². The number of benzene rings is 2. The predicted molar refractivity (Wildman–Crippen MR) is 122 cm³/mol. The summed E-state index contributed by atoms with van der Waals surface area (Å²) in [6.07, 6.45) is 2.72. The fourth-order valence-electron chi connectivity index (χ4n) is 3.57. The van der Waals surface area contributed by atoms with Gasteiger partial charge < -0.3 is 14.6 Å². The van der Waals surface area contributed by atoms with E-state index in [9.17, 15) is 4.79 Å². The van der Waals surface area contributed by atoms with Crippen molar-refractivity contribution < 1.29 is 9.53 Å². The Balaban J connectivity index is 1.89. The molecule has 0 saturated carbocycles. The van der Waals surface area contributed by atoms with Crippen molar-refractivity contribution in [2.45, 2.75) is 45.8 Å². The van der Waals surface area contributed by atoms with Crippen LogP contribution in [0.3, 0.4) is 0 Å². The fourth-order valence-corrected chi connectivity index (χ4v) is 4.67. The van der Waals surface area contributed by atoms with Gasteiger partial charge in [-0.2, -0.15) is 0 Å². The minimum absolute atomic E-state index is 0.000129. The Labute approximate surface area is 181 Å². The van der Waals surface area contributed by atoms with Crippen molar-refractivity contribution in [3.05, 3.63) is 65.0 Å². The number of aryl methyl sites for hydroxylation is 1. The van der Waals surface area contributed by atoms with Crippen molar-refractivity contribution in [2.24, 2.45) is 4.99 Å². The van der Waals surface area contributed by atoms with Crippen LogP contribution in [0.25, 0.3) is 11.3 Å². The number of anilines is 1. The zero-order valence-corrected chi connectivity index (χ0v) is 18.2. The van der Waals surface area contributed by atoms with E-state index in [1.165, 1.54) is 16.9 Å². The first-order chi connectivity index (χ1) is 14.6. The molecule has 0 bridgehead atoms. The van der Waals surface area contributed by atoms with Crippen LogP contribution in [-0.4, -0.2) is 23.2 Å². The summed E-state index contributed by atoms with van der Waals surface area (Å²) in [6, 6.07) is 18.4. The first-order valence-electron chi connectivity index (χ1n) is 10.5. The molecule has 1 aliphatic heterocycles. The second-order valence-electron chi connectivity index (χ2n) is 7.52. The van der Waals surface area contributed by atoms with Crippen molar-refractivity contribution in [3.63, 3.8) is 0 Å². The van der Waals surface area contributed by atoms with Gasteiger partial charge in [-0.1, -0.05) is 66.3 Å². The molecule has 0 aliphatic carbocycles. The van der Waals surface area contributed by atoms with Crippen molar-refractivity contribution in [1.29, 1.82) is 0 Å². The lowest BCUT2D eigenvalue weighted by molar-refractivity contribution is -0.115. The van der Waals surface area contributed by atoms with Crippen LogP contribution in [0.4, 0.5) is 10.7 Å². The highest BCUT2D eigenvalue weighted by molar-refractivity contribution is 7.14. The van der Waals surface area contributed by atoms with Gasteiger partial charge in [-0.15, -0.1) is 0 Å². The highest BCUT2D eigenvalue weighted by atomic mass is 32.1. The van der Waals surface area contributed by atoms with Crippen LogP contribution >= 0.6 is 11.3 Å². The van der Waals surface area contributed by atoms with E-state index < -0.39 is 0 Å². The van der Waals surface area contributed by atoms with Gasteiger partial charge in [0.2, 0.25) is 5.91 Å². The van der Waals surface area contributed by atoms with Crippen LogP contribution < -0.4 is 10.1 Å². The Morgan fingerprint density at radius 2 is 1.97 bits per heavy atom. The van der Waals surface area contributed by atoms with Gasteiger partial charge in [0.15, 0.2) is 4.80 Å². The minimum atomic E-state index is 0.000129. The molecule has 2 heterocycles. The molecule has 4 rings (SSSR count). The number of rotatable bonds is 6. The predicted octanol–water partition coefficient (Wildman–Crippen LogP) is 5.28. The number of hydrogen-bond donors (Lipinski definition) is 1. The number of carbonyl (C=O) groups excluding carboxylic acids is 1. The molecule has 1 unspecified atom stereocenters. The number of para-hydroxylation sites is 1. The van der Waals surface area contributed by atoms with E-state index in [2.05, 4.69) is 41.1 Å². The zero-order valence-electron chi connectivity index (χ0n) is 17.4. The molecule has 1 amide bonds. The van der Waals surface area contributed by atoms with E-state index in [1.807, 2.05) is 37.3 Å². The van der Waals surface area contributed by atoms with E-state index >= 15 is 0 Å². The minimum Gasteiger partial charge on any atom is -0.376 e. The molecule has 30 heavy (non-hydrogen) atoms. The molecule has 156 valence electrons. The molecule has 1 aliphatic rings. The summed E-state index contributed by atoms with van der Waals surface area (Å²) in [5.41, 5.74) is 4.15. The van der Waals surface area contributed by atoms with Crippen LogP contribution in [0.2, 0.25) is 0 Å². The Morgan fingerprint density at radius 1 is 1.20 bits per heavy atom. The summed E-state index contributed by atoms with van der Waals surface area (Å²) in [4.78, 5) is 18.0. The highest BCUT2D eigenvalue weighted by Gasteiger charge is 2.22. The maximum Gasteiger partial charge on any atom is 0.224 e. The van der Waals surface area contributed by atoms with Crippen LogP contribution in [0.15, 0.2) is 59.6 Å². The highest BCUT2D eigenvalue weighted by Crippen LogP contribution is 2.32. The Kier molecular flexibility index (Phi) is 6.45. The Bertz CT molecular complexity index is 1060. The first kappa shape index (κ1) is 20.6. The SMILES string of the molecule is CCC(=O)Nc1sc(=Nc2ccccc2)n(CC2CCCO2)c1-c1ccc(C)cc1. The van der Waals surface area contributed by atoms with Crippen molar-refractivity contribution in [1.82, 2.24) is 4.57 Å². The fraction of sp³-hybridized carbons (Fsp3) is 0.333. The maximum absolute atomic E-state index is 12.3. The molecule has 0 spiro atoms. The van der Waals surface area contributed by atoms with Crippen LogP contribution in [-0.2, 0) is 16.1 Å². The van der Waals surface area contributed by atoms with Gasteiger partial charge >= 0.3 is 0 Å². The summed E-state index contributed by atoms with van der Waals surface area (Å²) in [7, 11) is 0. The van der Waals surface area contributed by atoms with E-state index in [1.54, 1.807) is 0 Å². The third kappa shape index (κ3) is 4.71. The van der Waals surface area contributed by atoms with Crippen LogP contribution in [0.5, 0.6) is 0 Å². The van der Waals surface area contributed by atoms with Gasteiger partial charge in [0.05, 0.1) is 24.0 Å². The lowest BCUT2D eigenvalue weighted by atomic mass is 10.1. The number of aromatic nitrogens is 1. The second kappa shape index (κ2) is 9.41. The van der Waals surface area contributed by atoms with Gasteiger partial charge in [-0.05, 0) is 31.9 Å². The monoisotopic (exact) mass is 421 g/mol. The lowest BCUT2D eigenvalue weighted by Gasteiger charge is -2.15. The summed E-state index contributed by atoms with van der Waals surface area (Å²) in [5, 5.41) is 3.93. The van der Waals surface area contributed by atoms with Gasteiger partial charge in [-0.25, -0.2) is 4.99 Å². The van der Waals surface area contributed by atoms with Gasteiger partial charge in [0.1, 0.15) is 5.00 Å². The largest absolute Gasteiger partial charge is 0.376 e. The van der Waals surface area contributed by atoms with Gasteiger partial charge in [-0.3, -0.25) is 4.79 Å². The average Bonchev–Trinajstić information content (AvgIpc) is 3.38. The summed E-state index contributed by atoms with van der Waals surface area (Å²) in [5.74, 6) is 0.000129. The Hall–Kier alpha value is -2.70. The zero-order chi connectivity index (χ0) is 20.9. The lowest BCUT2D eigenvalue weighted by Crippen LogP contribution is -2.24. The number of amides is 1. The molecular formula is C24H27N3O2S. The molecular weight excluding hydrogens is 394 g/mol. The number of nitrogens with one attached hydrogen (secondary N) is 1. The second-order valence-corrected chi connectivity index (χ2v) is 8.50. The molecule has 1 saturated heterocycles. The average molecular weight is 422 g/mol. The third-order valence-electron chi connectivity index (χ3n) is 5.20. The molecule has 1 fully saturated rings. The molecule has 2 aromatic carbocycles. The van der Waals surface area contributed by atoms with Gasteiger partial charge in [0.25, 0.3) is 0 Å². The maximum atomic E-state index is 12.3. The molecule has 1 N–H and O–H groups in total. The van der Waals surface area contributed by atoms with E-state index in [4.69, 9.17) is 9.73 Å². The number of thiazole rings is 1. The van der Waals surface area contributed by atoms with E-state index in [0.717, 1.165) is 46.2 Å². The van der Waals surface area contributed by atoms with Crippen molar-refractivity contribution in [3.8, 4) is 11.3 Å². The molecule has 1 aromatic heterocycles. The van der Waals surface area contributed by atoms with E-state index in [-0.39, 0.29) is 12.0 Å². The quantitative estimate of drug-likeness (QED) is 0.588.